The van der Waals surface area contributed by atoms with Crippen molar-refractivity contribution in [3.63, 3.8) is 0 Å². The van der Waals surface area contributed by atoms with E-state index in [0.717, 1.165) is 19.3 Å². The number of hydrogen-bond donors (Lipinski definition) is 10. The summed E-state index contributed by atoms with van der Waals surface area (Å²) < 4.78 is 21.8. The van der Waals surface area contributed by atoms with Crippen LogP contribution >= 0.6 is 0 Å². The van der Waals surface area contributed by atoms with E-state index in [1.165, 1.54) is 0 Å². The molecule has 2 aromatic carbocycles. The van der Waals surface area contributed by atoms with Crippen molar-refractivity contribution in [3.8, 4) is 11.5 Å². The van der Waals surface area contributed by atoms with Gasteiger partial charge in [-0.15, -0.1) is 0 Å². The van der Waals surface area contributed by atoms with Crippen molar-refractivity contribution < 1.29 is 69.4 Å². The van der Waals surface area contributed by atoms with Gasteiger partial charge in [-0.2, -0.15) is 0 Å². The summed E-state index contributed by atoms with van der Waals surface area (Å²) in [6, 6.07) is 12.6. The second-order valence-electron chi connectivity index (χ2n) is 12.0. The first-order chi connectivity index (χ1) is 23.5. The van der Waals surface area contributed by atoms with E-state index in [0.29, 0.717) is 37.1 Å². The number of ether oxygens (including phenoxy) is 4. The molecule has 0 unspecified atom stereocenters. The zero-order valence-corrected chi connectivity index (χ0v) is 26.8. The summed E-state index contributed by atoms with van der Waals surface area (Å²) in [5.74, 6) is 0.250. The third-order valence-electron chi connectivity index (χ3n) is 8.29. The van der Waals surface area contributed by atoms with Crippen LogP contribution in [0.1, 0.15) is 44.9 Å². The summed E-state index contributed by atoms with van der Waals surface area (Å²) in [4.78, 5) is 24.7. The molecule has 0 spiro atoms. The third-order valence-corrected chi connectivity index (χ3v) is 8.29. The van der Waals surface area contributed by atoms with Crippen LogP contribution in [0.25, 0.3) is 0 Å². The van der Waals surface area contributed by atoms with Crippen LogP contribution in [0.3, 0.4) is 0 Å². The predicted molar refractivity (Wildman–Crippen MR) is 171 cm³/mol. The van der Waals surface area contributed by atoms with Gasteiger partial charge in [-0.05, 0) is 61.4 Å². The number of rotatable bonds is 16. The lowest BCUT2D eigenvalue weighted by atomic mass is 9.99. The molecule has 16 nitrogen and oxygen atoms in total. The second-order valence-corrected chi connectivity index (χ2v) is 12.0. The van der Waals surface area contributed by atoms with E-state index < -0.39 is 74.6 Å². The van der Waals surface area contributed by atoms with Gasteiger partial charge in [0, 0.05) is 24.2 Å². The minimum absolute atomic E-state index is 0.161. The number of benzene rings is 2. The maximum absolute atomic E-state index is 12.4. The van der Waals surface area contributed by atoms with Gasteiger partial charge in [0.05, 0.1) is 13.2 Å². The molecule has 2 saturated heterocycles. The Morgan fingerprint density at radius 1 is 0.531 bits per heavy atom. The molecule has 2 aromatic rings. The molecule has 4 rings (SSSR count). The molecule has 0 bridgehead atoms. The van der Waals surface area contributed by atoms with E-state index in [1.54, 1.807) is 48.5 Å². The Hall–Kier alpha value is -3.42. The van der Waals surface area contributed by atoms with Crippen molar-refractivity contribution in [2.24, 2.45) is 0 Å². The highest BCUT2D eigenvalue weighted by Crippen LogP contribution is 2.27. The topological polar surface area (TPSA) is 257 Å². The van der Waals surface area contributed by atoms with Gasteiger partial charge < -0.3 is 70.4 Å². The molecule has 2 fully saturated rings. The van der Waals surface area contributed by atoms with Crippen molar-refractivity contribution in [2.75, 3.05) is 23.8 Å². The molecule has 0 saturated carbocycles. The number of aliphatic hydroxyl groups is 8. The molecule has 10 atom stereocenters. The largest absolute Gasteiger partial charge is 0.462 e. The van der Waals surface area contributed by atoms with Crippen LogP contribution in [-0.2, 0) is 19.1 Å². The molecule has 0 aliphatic carbocycles. The van der Waals surface area contributed by atoms with E-state index in [-0.39, 0.29) is 23.3 Å². The van der Waals surface area contributed by atoms with Gasteiger partial charge >= 0.3 is 0 Å². The summed E-state index contributed by atoms with van der Waals surface area (Å²) in [7, 11) is 0. The Balaban J connectivity index is 1.06. The number of carbonyl (C=O) groups excluding carboxylic acids is 2. The van der Waals surface area contributed by atoms with Crippen LogP contribution < -0.4 is 20.1 Å². The molecule has 0 radical (unpaired) electrons. The Labute approximate surface area is 282 Å². The summed E-state index contributed by atoms with van der Waals surface area (Å²) in [5.41, 5.74) is 1.07. The number of carbonyl (C=O) groups is 2. The molecule has 16 heteroatoms. The second kappa shape index (κ2) is 18.5. The van der Waals surface area contributed by atoms with Gasteiger partial charge in [0.2, 0.25) is 24.4 Å². The van der Waals surface area contributed by atoms with Crippen molar-refractivity contribution in [2.45, 2.75) is 106 Å². The lowest BCUT2D eigenvalue weighted by molar-refractivity contribution is -0.277. The van der Waals surface area contributed by atoms with Crippen LogP contribution in [0.5, 0.6) is 11.5 Å². The SMILES string of the molecule is O=C(CCCCCCCC(=O)Nc1ccc(O[C@H]2O[C@H](CO)[C@@H](O)[C@H](O)[C@@H]2O)cc1)Nc1ccc(O[C@H]2O[C@H](CO)[C@@H](O)[C@H](O)[C@@H]2O)cc1. The number of nitrogens with one attached hydrogen (secondary N) is 2. The highest BCUT2D eigenvalue weighted by atomic mass is 16.7. The highest BCUT2D eigenvalue weighted by molar-refractivity contribution is 5.91. The Morgan fingerprint density at radius 2 is 0.878 bits per heavy atom. The van der Waals surface area contributed by atoms with Crippen LogP contribution in [0.15, 0.2) is 48.5 Å². The highest BCUT2D eigenvalue weighted by Gasteiger charge is 2.45. The summed E-state index contributed by atoms with van der Waals surface area (Å²) >= 11 is 0. The Morgan fingerprint density at radius 3 is 1.22 bits per heavy atom. The van der Waals surface area contributed by atoms with Crippen LogP contribution in [-0.4, -0.2) is 127 Å². The fourth-order valence-electron chi connectivity index (χ4n) is 5.38. The van der Waals surface area contributed by atoms with E-state index in [4.69, 9.17) is 18.9 Å². The van der Waals surface area contributed by atoms with Crippen LogP contribution in [0.4, 0.5) is 11.4 Å². The summed E-state index contributed by atoms with van der Waals surface area (Å²) in [6.07, 6.45) is -9.42. The Kier molecular flexibility index (Phi) is 14.5. The molecule has 49 heavy (non-hydrogen) atoms. The lowest BCUT2D eigenvalue weighted by Crippen LogP contribution is -2.60. The first-order valence-electron chi connectivity index (χ1n) is 16.2. The molecular weight excluding hydrogens is 648 g/mol. The van der Waals surface area contributed by atoms with Crippen molar-refractivity contribution >= 4 is 23.2 Å². The summed E-state index contributed by atoms with van der Waals surface area (Å²) in [6.45, 7) is -1.13. The summed E-state index contributed by atoms with van der Waals surface area (Å²) in [5, 5.41) is 84.0. The normalized spacial score (nSPS) is 30.0. The van der Waals surface area contributed by atoms with Gasteiger partial charge in [0.1, 0.15) is 60.3 Å². The first-order valence-corrected chi connectivity index (χ1v) is 16.2. The predicted octanol–water partition coefficient (Wildman–Crippen LogP) is -0.648. The van der Waals surface area contributed by atoms with Crippen LogP contribution in [0.2, 0.25) is 0 Å². The average molecular weight is 695 g/mol. The van der Waals surface area contributed by atoms with Crippen molar-refractivity contribution in [3.05, 3.63) is 48.5 Å². The molecule has 272 valence electrons. The molecule has 10 N–H and O–H groups in total. The van der Waals surface area contributed by atoms with E-state index in [9.17, 15) is 50.4 Å². The quantitative estimate of drug-likeness (QED) is 0.0981. The van der Waals surface area contributed by atoms with Gasteiger partial charge in [-0.1, -0.05) is 19.3 Å². The number of unbranched alkanes of at least 4 members (excludes halogenated alkanes) is 4. The first kappa shape index (κ1) is 38.4. The van der Waals surface area contributed by atoms with Crippen molar-refractivity contribution in [1.29, 1.82) is 0 Å². The zero-order valence-electron chi connectivity index (χ0n) is 26.8. The van der Waals surface area contributed by atoms with Gasteiger partial charge in [-0.3, -0.25) is 9.59 Å². The number of anilines is 2. The number of amides is 2. The van der Waals surface area contributed by atoms with Crippen LogP contribution in [0, 0.1) is 0 Å². The fourth-order valence-corrected chi connectivity index (χ4v) is 5.38. The number of aliphatic hydroxyl groups excluding tert-OH is 8. The zero-order chi connectivity index (χ0) is 35.5. The molecular formula is C33H46N2O14. The number of hydrogen-bond acceptors (Lipinski definition) is 14. The minimum atomic E-state index is -1.55. The maximum Gasteiger partial charge on any atom is 0.229 e. The fraction of sp³-hybridized carbons (Fsp3) is 0.576. The minimum Gasteiger partial charge on any atom is -0.462 e. The third kappa shape index (κ3) is 10.8. The smallest absolute Gasteiger partial charge is 0.229 e. The van der Waals surface area contributed by atoms with E-state index >= 15 is 0 Å². The van der Waals surface area contributed by atoms with E-state index in [1.807, 2.05) is 0 Å². The van der Waals surface area contributed by atoms with Crippen molar-refractivity contribution in [1.82, 2.24) is 0 Å². The standard InChI is InChI=1S/C33H46N2O14/c36-16-22-26(40)28(42)30(44)32(48-22)46-20-12-8-18(9-13-20)34-24(38)6-4-2-1-3-5-7-25(39)35-19-10-14-21(15-11-19)47-33-31(45)29(43)27(41)23(17-37)49-33/h8-15,22-23,26-33,36-37,40-45H,1-7,16-17H2,(H,34,38)(H,35,39)/t22-,23-,26-,27-,28+,29+,30+,31+,32+,33+/m1/s1. The van der Waals surface area contributed by atoms with Gasteiger partial charge in [0.15, 0.2) is 0 Å². The molecule has 0 aromatic heterocycles. The molecule has 2 amide bonds. The Bertz CT molecular complexity index is 1210. The van der Waals surface area contributed by atoms with Gasteiger partial charge in [-0.25, -0.2) is 0 Å². The monoisotopic (exact) mass is 694 g/mol. The molecule has 2 aliphatic rings. The average Bonchev–Trinajstić information content (AvgIpc) is 3.09. The lowest BCUT2D eigenvalue weighted by Gasteiger charge is -2.39. The molecule has 2 heterocycles. The van der Waals surface area contributed by atoms with E-state index in [2.05, 4.69) is 10.6 Å². The molecule has 2 aliphatic heterocycles. The maximum atomic E-state index is 12.4. The van der Waals surface area contributed by atoms with Gasteiger partial charge in [0.25, 0.3) is 0 Å².